The number of halogens is 4. The fourth-order valence-corrected chi connectivity index (χ4v) is 2.93. The largest absolute Gasteiger partial charge is 0.314 e. The summed E-state index contributed by atoms with van der Waals surface area (Å²) in [6.45, 7) is 3.37. The van der Waals surface area contributed by atoms with Gasteiger partial charge in [0.1, 0.15) is 0 Å². The van der Waals surface area contributed by atoms with Crippen LogP contribution in [0.2, 0.25) is 0 Å². The minimum absolute atomic E-state index is 0. The Bertz CT molecular complexity index is 387. The maximum Gasteiger partial charge on any atom is 0.240 e. The number of hydrogen-bond donors (Lipinski definition) is 1. The van der Waals surface area contributed by atoms with Gasteiger partial charge in [-0.2, -0.15) is 0 Å². The molecule has 0 aromatic heterocycles. The summed E-state index contributed by atoms with van der Waals surface area (Å²) in [6, 6.07) is 7.45. The molecule has 1 fully saturated rings. The average molecular weight is 356 g/mol. The van der Waals surface area contributed by atoms with Crippen molar-refractivity contribution in [2.45, 2.75) is 18.9 Å². The topological polar surface area (TPSA) is 15.3 Å². The first kappa shape index (κ1) is 16.8. The summed E-state index contributed by atoms with van der Waals surface area (Å²) in [5, 5.41) is 3.25. The fraction of sp³-hybridized carbons (Fsp3) is 0.538. The van der Waals surface area contributed by atoms with Gasteiger partial charge in [-0.15, -0.1) is 12.4 Å². The third-order valence-corrected chi connectivity index (χ3v) is 3.98. The van der Waals surface area contributed by atoms with Crippen molar-refractivity contribution in [3.05, 3.63) is 34.3 Å². The quantitative estimate of drug-likeness (QED) is 0.889. The number of nitrogens with zero attached hydrogens (tertiary/aromatic N) is 1. The lowest BCUT2D eigenvalue weighted by Gasteiger charge is -2.35. The number of hydrogen-bond acceptors (Lipinski definition) is 2. The molecule has 1 aliphatic rings. The van der Waals surface area contributed by atoms with E-state index in [0.29, 0.717) is 0 Å². The van der Waals surface area contributed by atoms with Crippen LogP contribution in [0.5, 0.6) is 0 Å². The second-order valence-corrected chi connectivity index (χ2v) is 5.30. The SMILES string of the molecule is Cl.FC(F)C[C@H](c1ccccc1Br)N1CCNCC1. The van der Waals surface area contributed by atoms with Crippen LogP contribution in [-0.2, 0) is 0 Å². The molecule has 1 atom stereocenters. The van der Waals surface area contributed by atoms with Crippen LogP contribution >= 0.6 is 28.3 Å². The van der Waals surface area contributed by atoms with Crippen molar-refractivity contribution in [3.8, 4) is 0 Å². The summed E-state index contributed by atoms with van der Waals surface area (Å²) in [6.07, 6.45) is -2.39. The molecule has 1 heterocycles. The van der Waals surface area contributed by atoms with Crippen LogP contribution < -0.4 is 5.32 Å². The smallest absolute Gasteiger partial charge is 0.240 e. The van der Waals surface area contributed by atoms with Gasteiger partial charge in [0.25, 0.3) is 0 Å². The molecule has 0 spiro atoms. The molecular formula is C13H18BrClF2N2. The Hall–Kier alpha value is -0.230. The van der Waals surface area contributed by atoms with Gasteiger partial charge in [0.15, 0.2) is 0 Å². The Kier molecular flexibility index (Phi) is 7.21. The number of rotatable bonds is 4. The van der Waals surface area contributed by atoms with Crippen LogP contribution in [0, 0.1) is 0 Å². The van der Waals surface area contributed by atoms with E-state index in [-0.39, 0.29) is 24.9 Å². The summed E-state index contributed by atoms with van der Waals surface area (Å²) in [7, 11) is 0. The Morgan fingerprint density at radius 3 is 2.42 bits per heavy atom. The van der Waals surface area contributed by atoms with E-state index in [4.69, 9.17) is 0 Å². The molecule has 0 saturated carbocycles. The Balaban J connectivity index is 0.00000180. The Labute approximate surface area is 127 Å². The van der Waals surface area contributed by atoms with Crippen molar-refractivity contribution >= 4 is 28.3 Å². The first-order valence-corrected chi connectivity index (χ1v) is 6.95. The maximum absolute atomic E-state index is 12.8. The molecule has 19 heavy (non-hydrogen) atoms. The number of nitrogens with one attached hydrogen (secondary N) is 1. The summed E-state index contributed by atoms with van der Waals surface area (Å²) < 4.78 is 26.5. The van der Waals surface area contributed by atoms with Crippen molar-refractivity contribution in [3.63, 3.8) is 0 Å². The molecule has 108 valence electrons. The molecule has 0 radical (unpaired) electrons. The van der Waals surface area contributed by atoms with E-state index >= 15 is 0 Å². The van der Waals surface area contributed by atoms with Gasteiger partial charge in [-0.3, -0.25) is 4.90 Å². The maximum atomic E-state index is 12.8. The van der Waals surface area contributed by atoms with Crippen LogP contribution in [0.1, 0.15) is 18.0 Å². The average Bonchev–Trinajstić information content (AvgIpc) is 2.38. The zero-order valence-corrected chi connectivity index (χ0v) is 12.9. The van der Waals surface area contributed by atoms with E-state index in [1.54, 1.807) is 0 Å². The lowest BCUT2D eigenvalue weighted by atomic mass is 10.0. The standard InChI is InChI=1S/C13H17BrF2N2.ClH/c14-11-4-2-1-3-10(11)12(9-13(15)16)18-7-5-17-6-8-18;/h1-4,12-13,17H,5-9H2;1H/t12-;/m1./s1. The fourth-order valence-electron chi connectivity index (χ4n) is 2.38. The van der Waals surface area contributed by atoms with E-state index in [2.05, 4.69) is 26.1 Å². The number of piperazine rings is 1. The Morgan fingerprint density at radius 1 is 1.21 bits per heavy atom. The first-order valence-electron chi connectivity index (χ1n) is 6.16. The molecule has 0 amide bonds. The normalized spacial score (nSPS) is 18.1. The zero-order chi connectivity index (χ0) is 13.0. The van der Waals surface area contributed by atoms with E-state index in [9.17, 15) is 8.78 Å². The molecule has 1 saturated heterocycles. The summed E-state index contributed by atoms with van der Waals surface area (Å²) in [5.74, 6) is 0. The van der Waals surface area contributed by atoms with Gasteiger partial charge in [-0.25, -0.2) is 8.78 Å². The van der Waals surface area contributed by atoms with E-state index in [1.807, 2.05) is 24.3 Å². The highest BCUT2D eigenvalue weighted by atomic mass is 79.9. The minimum atomic E-state index is -2.28. The highest BCUT2D eigenvalue weighted by Gasteiger charge is 2.26. The molecule has 2 rings (SSSR count). The molecule has 2 nitrogen and oxygen atoms in total. The van der Waals surface area contributed by atoms with E-state index < -0.39 is 6.43 Å². The van der Waals surface area contributed by atoms with E-state index in [0.717, 1.165) is 36.2 Å². The minimum Gasteiger partial charge on any atom is -0.314 e. The highest BCUT2D eigenvalue weighted by Crippen LogP contribution is 2.32. The van der Waals surface area contributed by atoms with Gasteiger partial charge in [0.2, 0.25) is 6.43 Å². The van der Waals surface area contributed by atoms with Gasteiger partial charge >= 0.3 is 0 Å². The van der Waals surface area contributed by atoms with Crippen molar-refractivity contribution in [2.24, 2.45) is 0 Å². The molecule has 0 aliphatic carbocycles. The third-order valence-electron chi connectivity index (χ3n) is 3.26. The van der Waals surface area contributed by atoms with Crippen molar-refractivity contribution < 1.29 is 8.78 Å². The lowest BCUT2D eigenvalue weighted by molar-refractivity contribution is 0.0736. The van der Waals surface area contributed by atoms with Crippen molar-refractivity contribution in [1.29, 1.82) is 0 Å². The summed E-state index contributed by atoms with van der Waals surface area (Å²) >= 11 is 3.47. The van der Waals surface area contributed by atoms with E-state index in [1.165, 1.54) is 0 Å². The molecule has 0 unspecified atom stereocenters. The van der Waals surface area contributed by atoms with Gasteiger partial charge in [-0.05, 0) is 11.6 Å². The van der Waals surface area contributed by atoms with Gasteiger partial charge < -0.3 is 5.32 Å². The predicted molar refractivity (Wildman–Crippen MR) is 79.2 cm³/mol. The summed E-state index contributed by atoms with van der Waals surface area (Å²) in [5.41, 5.74) is 0.958. The van der Waals surface area contributed by atoms with Crippen LogP contribution in [0.25, 0.3) is 0 Å². The van der Waals surface area contributed by atoms with Crippen molar-refractivity contribution in [1.82, 2.24) is 10.2 Å². The second kappa shape index (κ2) is 8.15. The molecule has 0 bridgehead atoms. The molecular weight excluding hydrogens is 338 g/mol. The zero-order valence-electron chi connectivity index (χ0n) is 10.5. The molecule has 1 aliphatic heterocycles. The van der Waals surface area contributed by atoms with Gasteiger partial charge in [0, 0.05) is 43.1 Å². The predicted octanol–water partition coefficient (Wildman–Crippen LogP) is 3.47. The number of benzene rings is 1. The lowest BCUT2D eigenvalue weighted by Crippen LogP contribution is -2.45. The van der Waals surface area contributed by atoms with Gasteiger partial charge in [0.05, 0.1) is 0 Å². The third kappa shape index (κ3) is 4.67. The monoisotopic (exact) mass is 354 g/mol. The van der Waals surface area contributed by atoms with Crippen molar-refractivity contribution in [2.75, 3.05) is 26.2 Å². The van der Waals surface area contributed by atoms with Crippen LogP contribution in [0.4, 0.5) is 8.78 Å². The Morgan fingerprint density at radius 2 is 1.84 bits per heavy atom. The highest BCUT2D eigenvalue weighted by molar-refractivity contribution is 9.10. The summed E-state index contributed by atoms with van der Waals surface area (Å²) in [4.78, 5) is 2.14. The van der Waals surface area contributed by atoms with Crippen LogP contribution in [0.15, 0.2) is 28.7 Å². The molecule has 1 aromatic rings. The second-order valence-electron chi connectivity index (χ2n) is 4.45. The molecule has 1 aromatic carbocycles. The molecule has 6 heteroatoms. The number of alkyl halides is 2. The van der Waals surface area contributed by atoms with Gasteiger partial charge in [-0.1, -0.05) is 34.1 Å². The first-order chi connectivity index (χ1) is 8.68. The van der Waals surface area contributed by atoms with Crippen LogP contribution in [0.3, 0.4) is 0 Å². The van der Waals surface area contributed by atoms with Crippen LogP contribution in [-0.4, -0.2) is 37.5 Å². The molecule has 1 N–H and O–H groups in total.